The van der Waals surface area contributed by atoms with E-state index in [1.165, 1.54) is 19.3 Å². The molecule has 0 bridgehead atoms. The molecular weight excluding hydrogens is 442 g/mol. The van der Waals surface area contributed by atoms with Crippen molar-refractivity contribution in [3.05, 3.63) is 28.8 Å². The number of β-amino-alcohol motifs (C(OH)–C–C–N with tert-alkyl or cyclic N) is 1. The van der Waals surface area contributed by atoms with Gasteiger partial charge in [-0.2, -0.15) is 0 Å². The Labute approximate surface area is 193 Å². The first-order valence-corrected chi connectivity index (χ1v) is 12.5. The molecule has 31 heavy (non-hydrogen) atoms. The molecule has 1 unspecified atom stereocenters. The fraction of sp³-hybridized carbons (Fsp3) is 0.727. The van der Waals surface area contributed by atoms with E-state index in [1.54, 1.807) is 6.07 Å². The molecule has 0 aliphatic heterocycles. The summed E-state index contributed by atoms with van der Waals surface area (Å²) in [5.74, 6) is 0.617. The Morgan fingerprint density at radius 3 is 2.35 bits per heavy atom. The van der Waals surface area contributed by atoms with Crippen molar-refractivity contribution in [2.45, 2.75) is 84.8 Å². The van der Waals surface area contributed by atoms with E-state index in [4.69, 9.17) is 16.3 Å². The van der Waals surface area contributed by atoms with Crippen molar-refractivity contribution < 1.29 is 27.0 Å². The third-order valence-corrected chi connectivity index (χ3v) is 4.88. The Morgan fingerprint density at radius 2 is 1.77 bits per heavy atom. The predicted octanol–water partition coefficient (Wildman–Crippen LogP) is 4.60. The number of hydrogen-bond donors (Lipinski definition) is 2. The second kappa shape index (κ2) is 15.8. The van der Waals surface area contributed by atoms with E-state index in [-0.39, 0.29) is 18.8 Å². The van der Waals surface area contributed by atoms with Crippen LogP contribution in [0.4, 0.5) is 0 Å². The Balaban J connectivity index is 0.000000615. The van der Waals surface area contributed by atoms with Gasteiger partial charge in [-0.15, -0.1) is 0 Å². The first-order chi connectivity index (χ1) is 14.3. The van der Waals surface area contributed by atoms with E-state index >= 15 is 0 Å². The number of aliphatic hydroxyl groups is 1. The maximum absolute atomic E-state index is 9.99. The van der Waals surface area contributed by atoms with Crippen molar-refractivity contribution in [1.82, 2.24) is 5.32 Å². The molecule has 7 nitrogen and oxygen atoms in total. The minimum absolute atomic E-state index is 0.0119. The number of ether oxygens (including phenoxy) is 1. The van der Waals surface area contributed by atoms with Gasteiger partial charge in [0.05, 0.1) is 11.6 Å². The minimum Gasteiger partial charge on any atom is -0.726 e. The summed E-state index contributed by atoms with van der Waals surface area (Å²) in [6, 6.07) is 5.59. The monoisotopic (exact) mass is 480 g/mol. The van der Waals surface area contributed by atoms with Gasteiger partial charge in [-0.1, -0.05) is 56.7 Å². The lowest BCUT2D eigenvalue weighted by molar-refractivity contribution is 0.100. The summed E-state index contributed by atoms with van der Waals surface area (Å²) in [5, 5.41) is 13.6. The number of hydrogen-bond acceptors (Lipinski definition) is 7. The van der Waals surface area contributed by atoms with E-state index < -0.39 is 16.5 Å². The summed E-state index contributed by atoms with van der Waals surface area (Å²) in [5.41, 5.74) is 1.07. The maximum atomic E-state index is 9.99. The maximum Gasteiger partial charge on any atom is 0.217 e. The van der Waals surface area contributed by atoms with Crippen LogP contribution >= 0.6 is 11.6 Å². The first-order valence-electron chi connectivity index (χ1n) is 10.8. The molecule has 1 aromatic rings. The molecule has 2 N–H and O–H groups in total. The van der Waals surface area contributed by atoms with Crippen LogP contribution in [-0.4, -0.2) is 49.5 Å². The van der Waals surface area contributed by atoms with Gasteiger partial charge >= 0.3 is 0 Å². The van der Waals surface area contributed by atoms with Crippen molar-refractivity contribution in [2.24, 2.45) is 0 Å². The lowest BCUT2D eigenvalue weighted by Gasteiger charge is -2.23. The molecule has 0 saturated heterocycles. The number of nitrogens with one attached hydrogen (secondary N) is 1. The number of rotatable bonds is 13. The Kier molecular flexibility index (Phi) is 15.4. The molecule has 0 heterocycles. The molecule has 182 valence electrons. The van der Waals surface area contributed by atoms with Crippen LogP contribution in [0.1, 0.15) is 71.8 Å². The van der Waals surface area contributed by atoms with Gasteiger partial charge in [-0.3, -0.25) is 4.18 Å². The van der Waals surface area contributed by atoms with Gasteiger partial charge in [0.15, 0.2) is 0 Å². The highest BCUT2D eigenvalue weighted by Gasteiger charge is 2.13. The van der Waals surface area contributed by atoms with E-state index in [1.807, 2.05) is 19.1 Å². The van der Waals surface area contributed by atoms with Crippen molar-refractivity contribution in [1.29, 1.82) is 0 Å². The number of halogens is 1. The Morgan fingerprint density at radius 1 is 1.16 bits per heavy atom. The van der Waals surface area contributed by atoms with Crippen LogP contribution in [0.15, 0.2) is 18.2 Å². The van der Waals surface area contributed by atoms with Gasteiger partial charge < -0.3 is 19.7 Å². The third-order valence-electron chi connectivity index (χ3n) is 4.11. The molecule has 9 heteroatoms. The standard InChI is InChI=1S/C14H22ClNO2.C8H18O4S/c1-10-5-6-12(15)13(7-10)18-9-11(17)8-16-14(2,3)4;1-2-3-4-5-6-7-8-12-13(9,10)11/h5-7,11,16-17H,8-9H2,1-4H3;2-8H2,1H3,(H,9,10,11)/p-1. The number of aryl methyl sites for hydroxylation is 1. The molecule has 1 rings (SSSR count). The minimum atomic E-state index is -4.47. The van der Waals surface area contributed by atoms with Gasteiger partial charge in [0.25, 0.3) is 0 Å². The zero-order chi connectivity index (χ0) is 23.9. The van der Waals surface area contributed by atoms with E-state index in [9.17, 15) is 18.1 Å². The van der Waals surface area contributed by atoms with Crippen LogP contribution in [0.3, 0.4) is 0 Å². The number of aliphatic hydroxyl groups excluding tert-OH is 1. The average Bonchev–Trinajstić information content (AvgIpc) is 2.65. The highest BCUT2D eigenvalue weighted by Crippen LogP contribution is 2.25. The lowest BCUT2D eigenvalue weighted by Crippen LogP contribution is -2.42. The molecule has 0 fully saturated rings. The normalized spacial score (nSPS) is 12.8. The van der Waals surface area contributed by atoms with Crippen LogP contribution < -0.4 is 10.1 Å². The molecule has 1 atom stereocenters. The molecule has 0 saturated carbocycles. The van der Waals surface area contributed by atoms with E-state index in [0.717, 1.165) is 18.4 Å². The van der Waals surface area contributed by atoms with Crippen molar-refractivity contribution >= 4 is 22.0 Å². The zero-order valence-corrected chi connectivity index (χ0v) is 21.0. The molecular formula is C22H39ClNO6S-. The van der Waals surface area contributed by atoms with Crippen molar-refractivity contribution in [3.8, 4) is 5.75 Å². The van der Waals surface area contributed by atoms with Crippen LogP contribution in [0.2, 0.25) is 5.02 Å². The first kappa shape index (κ1) is 30.1. The van der Waals surface area contributed by atoms with Gasteiger partial charge in [-0.25, -0.2) is 8.42 Å². The van der Waals surface area contributed by atoms with E-state index in [2.05, 4.69) is 37.2 Å². The summed E-state index contributed by atoms with van der Waals surface area (Å²) in [6.45, 7) is 11.0. The van der Waals surface area contributed by atoms with Crippen LogP contribution in [-0.2, 0) is 14.6 Å². The fourth-order valence-corrected chi connectivity index (χ4v) is 2.93. The van der Waals surface area contributed by atoms with Crippen LogP contribution in [0.5, 0.6) is 5.75 Å². The molecule has 0 aliphatic rings. The van der Waals surface area contributed by atoms with Crippen LogP contribution in [0.25, 0.3) is 0 Å². The van der Waals surface area contributed by atoms with Crippen LogP contribution in [0, 0.1) is 6.92 Å². The molecule has 0 amide bonds. The summed E-state index contributed by atoms with van der Waals surface area (Å²) in [6.07, 6.45) is 5.66. The molecule has 1 aromatic carbocycles. The molecule has 0 spiro atoms. The van der Waals surface area contributed by atoms with Crippen molar-refractivity contribution in [3.63, 3.8) is 0 Å². The topological polar surface area (TPSA) is 108 Å². The largest absolute Gasteiger partial charge is 0.726 e. The predicted molar refractivity (Wildman–Crippen MR) is 124 cm³/mol. The number of benzene rings is 1. The van der Waals surface area contributed by atoms with Gasteiger partial charge in [0.2, 0.25) is 10.4 Å². The summed E-state index contributed by atoms with van der Waals surface area (Å²) >= 11 is 6.01. The zero-order valence-electron chi connectivity index (χ0n) is 19.4. The second-order valence-electron chi connectivity index (χ2n) is 8.53. The Hall–Kier alpha value is -0.900. The summed E-state index contributed by atoms with van der Waals surface area (Å²) in [7, 11) is -4.47. The molecule has 0 aromatic heterocycles. The second-order valence-corrected chi connectivity index (χ2v) is 9.99. The fourth-order valence-electron chi connectivity index (χ4n) is 2.43. The highest BCUT2D eigenvalue weighted by atomic mass is 35.5. The molecule has 0 aliphatic carbocycles. The lowest BCUT2D eigenvalue weighted by atomic mass is 10.1. The van der Waals surface area contributed by atoms with Gasteiger partial charge in [-0.05, 0) is 51.8 Å². The highest BCUT2D eigenvalue weighted by molar-refractivity contribution is 7.80. The summed E-state index contributed by atoms with van der Waals surface area (Å²) in [4.78, 5) is 0. The average molecular weight is 481 g/mol. The summed E-state index contributed by atoms with van der Waals surface area (Å²) < 4.78 is 39.5. The van der Waals surface area contributed by atoms with Gasteiger partial charge in [0.1, 0.15) is 18.5 Å². The smallest absolute Gasteiger partial charge is 0.217 e. The SMILES string of the molecule is CCCCCCCCOS(=O)(=O)[O-].Cc1ccc(Cl)c(OCC(O)CNC(C)(C)C)c1. The number of unbranched alkanes of at least 4 members (excludes halogenated alkanes) is 5. The quantitative estimate of drug-likeness (QED) is 0.241. The third kappa shape index (κ3) is 19.5. The van der Waals surface area contributed by atoms with Crippen molar-refractivity contribution in [2.75, 3.05) is 19.8 Å². The van der Waals surface area contributed by atoms with Gasteiger partial charge in [0, 0.05) is 12.1 Å². The Bertz CT molecular complexity index is 706. The van der Waals surface area contributed by atoms with E-state index in [0.29, 0.717) is 23.7 Å². The molecule has 0 radical (unpaired) electrons.